The lowest BCUT2D eigenvalue weighted by Crippen LogP contribution is -2.41. The second-order valence-electron chi connectivity index (χ2n) is 8.39. The van der Waals surface area contributed by atoms with Gasteiger partial charge in [-0.25, -0.2) is 0 Å². The van der Waals surface area contributed by atoms with Crippen LogP contribution in [0.3, 0.4) is 0 Å². The Morgan fingerprint density at radius 3 is 2.33 bits per heavy atom. The molecule has 0 aliphatic carbocycles. The molecule has 1 aromatic carbocycles. The van der Waals surface area contributed by atoms with Crippen molar-refractivity contribution in [3.05, 3.63) is 35.4 Å². The summed E-state index contributed by atoms with van der Waals surface area (Å²) in [5.41, 5.74) is 4.50. The molecule has 0 unspecified atom stereocenters. The summed E-state index contributed by atoms with van der Waals surface area (Å²) >= 11 is 0. The average molecular weight is 394 g/mol. The Morgan fingerprint density at radius 1 is 1.11 bits per heavy atom. The topological polar surface area (TPSA) is 30.9 Å². The van der Waals surface area contributed by atoms with Gasteiger partial charge in [-0.1, -0.05) is 31.2 Å². The molecule has 2 aliphatic rings. The molecule has 0 saturated carbocycles. The van der Waals surface area contributed by atoms with E-state index in [2.05, 4.69) is 70.8 Å². The molecule has 0 bridgehead atoms. The molecule has 1 fully saturated rings. The minimum atomic E-state index is -0.319. The first kappa shape index (κ1) is 22.4. The van der Waals surface area contributed by atoms with Crippen molar-refractivity contribution in [1.82, 2.24) is 4.90 Å². The summed E-state index contributed by atoms with van der Waals surface area (Å²) < 4.78 is 18.0. The lowest BCUT2D eigenvalue weighted by Gasteiger charge is -2.32. The van der Waals surface area contributed by atoms with E-state index in [1.54, 1.807) is 0 Å². The van der Waals surface area contributed by atoms with Crippen LogP contribution in [-0.2, 0) is 20.6 Å². The maximum absolute atomic E-state index is 6.25. The summed E-state index contributed by atoms with van der Waals surface area (Å²) in [6.45, 7) is 14.0. The quantitative estimate of drug-likeness (QED) is 0.714. The fourth-order valence-corrected chi connectivity index (χ4v) is 3.36. The van der Waals surface area contributed by atoms with E-state index in [-0.39, 0.29) is 30.7 Å². The minimum Gasteiger partial charge on any atom is -0.399 e. The lowest BCUT2D eigenvalue weighted by atomic mass is 9.77. The molecule has 27 heavy (non-hydrogen) atoms. The average Bonchev–Trinajstić information content (AvgIpc) is 2.83. The zero-order valence-corrected chi connectivity index (χ0v) is 18.3. The van der Waals surface area contributed by atoms with E-state index in [9.17, 15) is 0 Å². The Hall–Kier alpha value is -0.845. The second-order valence-corrected chi connectivity index (χ2v) is 8.39. The van der Waals surface area contributed by atoms with E-state index in [4.69, 9.17) is 14.0 Å². The first-order chi connectivity index (χ1) is 12.2. The monoisotopic (exact) mass is 393 g/mol. The van der Waals surface area contributed by atoms with E-state index >= 15 is 0 Å². The van der Waals surface area contributed by atoms with E-state index < -0.39 is 0 Å². The predicted molar refractivity (Wildman–Crippen MR) is 115 cm³/mol. The molecule has 150 valence electrons. The van der Waals surface area contributed by atoms with Crippen LogP contribution in [-0.4, -0.2) is 50.0 Å². The van der Waals surface area contributed by atoms with Gasteiger partial charge in [0, 0.05) is 6.54 Å². The molecule has 0 atom stereocenters. The Bertz CT molecular complexity index is 674. The highest BCUT2D eigenvalue weighted by atomic mass is 35.5. The second kappa shape index (κ2) is 8.67. The van der Waals surface area contributed by atoms with Crippen molar-refractivity contribution < 1.29 is 14.0 Å². The summed E-state index contributed by atoms with van der Waals surface area (Å²) in [6.07, 6.45) is 3.18. The first-order valence-corrected chi connectivity index (χ1v) is 9.67. The number of hydrogen-bond donors (Lipinski definition) is 0. The van der Waals surface area contributed by atoms with Gasteiger partial charge in [0.1, 0.15) is 0 Å². The van der Waals surface area contributed by atoms with Gasteiger partial charge in [-0.2, -0.15) is 0 Å². The van der Waals surface area contributed by atoms with Crippen molar-refractivity contribution in [1.29, 1.82) is 0 Å². The largest absolute Gasteiger partial charge is 0.494 e. The number of nitrogens with zero attached hydrogens (tertiary/aromatic N) is 1. The summed E-state index contributed by atoms with van der Waals surface area (Å²) in [5, 5.41) is 0. The van der Waals surface area contributed by atoms with Crippen molar-refractivity contribution in [2.24, 2.45) is 0 Å². The molecular weight excluding hydrogens is 361 g/mol. The fourth-order valence-electron chi connectivity index (χ4n) is 3.36. The van der Waals surface area contributed by atoms with Gasteiger partial charge in [-0.05, 0) is 69.9 Å². The van der Waals surface area contributed by atoms with Crippen molar-refractivity contribution in [2.45, 2.75) is 58.8 Å². The summed E-state index contributed by atoms with van der Waals surface area (Å²) in [7, 11) is 1.84. The molecule has 0 N–H and O–H groups in total. The molecule has 0 radical (unpaired) electrons. The first-order valence-electron chi connectivity index (χ1n) is 9.67. The zero-order valence-electron chi connectivity index (χ0n) is 17.5. The van der Waals surface area contributed by atoms with Crippen molar-refractivity contribution in [2.75, 3.05) is 26.8 Å². The fraction of sp³-hybridized carbons (Fsp3) is 0.619. The highest BCUT2D eigenvalue weighted by Gasteiger charge is 2.51. The number of ether oxygens (including phenoxy) is 1. The van der Waals surface area contributed by atoms with Crippen LogP contribution in [0.1, 0.15) is 52.2 Å². The highest BCUT2D eigenvalue weighted by molar-refractivity contribution is 6.62. The molecule has 0 spiro atoms. The molecule has 4 nitrogen and oxygen atoms in total. The van der Waals surface area contributed by atoms with E-state index in [1.165, 1.54) is 16.7 Å². The Balaban J connectivity index is 0.00000261. The Morgan fingerprint density at radius 2 is 1.78 bits per heavy atom. The van der Waals surface area contributed by atoms with Crippen LogP contribution >= 0.6 is 12.4 Å². The molecule has 0 amide bonds. The van der Waals surface area contributed by atoms with Gasteiger partial charge < -0.3 is 18.9 Å². The zero-order chi connectivity index (χ0) is 18.9. The van der Waals surface area contributed by atoms with Crippen LogP contribution < -0.4 is 5.46 Å². The van der Waals surface area contributed by atoms with Gasteiger partial charge in [0.2, 0.25) is 0 Å². The van der Waals surface area contributed by atoms with Gasteiger partial charge >= 0.3 is 7.12 Å². The third kappa shape index (κ3) is 4.77. The SMILES string of the molecule is CCN(C)Cc1cc(B2OC(C)(C)C(C)(C)O2)ccc1C1=CCOCC1.Cl. The van der Waals surface area contributed by atoms with Gasteiger partial charge in [0.15, 0.2) is 0 Å². The van der Waals surface area contributed by atoms with Gasteiger partial charge in [-0.15, -0.1) is 12.4 Å². The van der Waals surface area contributed by atoms with E-state index in [0.29, 0.717) is 6.61 Å². The van der Waals surface area contributed by atoms with Crippen LogP contribution in [0.2, 0.25) is 0 Å². The molecule has 3 rings (SSSR count). The van der Waals surface area contributed by atoms with E-state index in [0.717, 1.165) is 31.6 Å². The number of hydrogen-bond acceptors (Lipinski definition) is 4. The molecule has 6 heteroatoms. The van der Waals surface area contributed by atoms with Crippen LogP contribution in [0.4, 0.5) is 0 Å². The lowest BCUT2D eigenvalue weighted by molar-refractivity contribution is 0.00578. The molecule has 2 heterocycles. The van der Waals surface area contributed by atoms with Crippen molar-refractivity contribution >= 4 is 30.6 Å². The highest BCUT2D eigenvalue weighted by Crippen LogP contribution is 2.36. The number of halogens is 1. The third-order valence-electron chi connectivity index (χ3n) is 5.94. The smallest absolute Gasteiger partial charge is 0.399 e. The molecular formula is C21H33BClNO3. The summed E-state index contributed by atoms with van der Waals surface area (Å²) in [4.78, 5) is 2.33. The predicted octanol–water partition coefficient (Wildman–Crippen LogP) is 3.66. The van der Waals surface area contributed by atoms with E-state index in [1.807, 2.05) is 0 Å². The van der Waals surface area contributed by atoms with Gasteiger partial charge in [0.05, 0.1) is 24.4 Å². The number of rotatable bonds is 5. The van der Waals surface area contributed by atoms with Crippen molar-refractivity contribution in [3.63, 3.8) is 0 Å². The minimum absolute atomic E-state index is 0. The normalized spacial score (nSPS) is 21.1. The van der Waals surface area contributed by atoms with Crippen LogP contribution in [0.15, 0.2) is 24.3 Å². The summed E-state index contributed by atoms with van der Waals surface area (Å²) in [5.74, 6) is 0. The molecule has 0 aromatic heterocycles. The molecule has 2 aliphatic heterocycles. The van der Waals surface area contributed by atoms with Gasteiger partial charge in [-0.3, -0.25) is 0 Å². The van der Waals surface area contributed by atoms with Gasteiger partial charge in [0.25, 0.3) is 0 Å². The third-order valence-corrected chi connectivity index (χ3v) is 5.94. The van der Waals surface area contributed by atoms with Crippen LogP contribution in [0.25, 0.3) is 5.57 Å². The molecule has 1 aromatic rings. The van der Waals surface area contributed by atoms with Crippen molar-refractivity contribution in [3.8, 4) is 0 Å². The molecule has 1 saturated heterocycles. The maximum Gasteiger partial charge on any atom is 0.494 e. The number of benzene rings is 1. The maximum atomic E-state index is 6.25. The van der Waals surface area contributed by atoms with Crippen LogP contribution in [0.5, 0.6) is 0 Å². The van der Waals surface area contributed by atoms with Crippen LogP contribution in [0, 0.1) is 0 Å². The Kier molecular flexibility index (Phi) is 7.20. The Labute approximate surface area is 170 Å². The summed E-state index contributed by atoms with van der Waals surface area (Å²) in [6, 6.07) is 6.65. The standard InChI is InChI=1S/C21H32BNO3.ClH/c1-7-23(6)15-17-14-18(22-25-20(2,3)21(4,5)26-22)8-9-19(17)16-10-12-24-13-11-16;/h8-10,14H,7,11-13,15H2,1-6H3;1H.